The summed E-state index contributed by atoms with van der Waals surface area (Å²) in [7, 11) is 0.472. The van der Waals surface area contributed by atoms with E-state index < -0.39 is 11.2 Å². The van der Waals surface area contributed by atoms with E-state index in [1.807, 2.05) is 25.2 Å². The van der Waals surface area contributed by atoms with Crippen LogP contribution in [-0.2, 0) is 4.65 Å². The topological polar surface area (TPSA) is 29.5 Å². The fourth-order valence-corrected chi connectivity index (χ4v) is 6.04. The molecule has 0 spiro atoms. The normalized spacial score (nSPS) is 13.3. The molecule has 0 fully saturated rings. The first-order valence-corrected chi connectivity index (χ1v) is 11.9. The van der Waals surface area contributed by atoms with Gasteiger partial charge >= 0.3 is 7.48 Å². The lowest BCUT2D eigenvalue weighted by molar-refractivity contribution is -0.0893. The molecule has 0 atom stereocenters. The van der Waals surface area contributed by atoms with Gasteiger partial charge in [0, 0.05) is 20.2 Å². The second kappa shape index (κ2) is 6.68. The van der Waals surface area contributed by atoms with Crippen LogP contribution in [0.3, 0.4) is 0 Å². The lowest BCUT2D eigenvalue weighted by Gasteiger charge is -2.37. The third-order valence-electron chi connectivity index (χ3n) is 7.27. The summed E-state index contributed by atoms with van der Waals surface area (Å²) in [6, 6.07) is 24.3. The number of rotatable bonds is 4. The predicted octanol–water partition coefficient (Wildman–Crippen LogP) is 6.40. The highest BCUT2D eigenvalue weighted by molar-refractivity contribution is 7.27. The Bertz CT molecular complexity index is 1540. The van der Waals surface area contributed by atoms with E-state index in [0.29, 0.717) is 7.48 Å². The fourth-order valence-electron chi connectivity index (χ4n) is 4.73. The van der Waals surface area contributed by atoms with E-state index in [-0.39, 0.29) is 0 Å². The van der Waals surface area contributed by atoms with Gasteiger partial charge in [0.1, 0.15) is 0 Å². The third-order valence-corrected chi connectivity index (χ3v) is 8.60. The van der Waals surface area contributed by atoms with Crippen molar-refractivity contribution in [2.75, 3.05) is 0 Å². The monoisotopic (exact) mass is 436 g/mol. The van der Waals surface area contributed by atoms with Gasteiger partial charge in [0.2, 0.25) is 0 Å². The highest BCUT2D eigenvalue weighted by atomic mass is 32.1. The Kier molecular flexibility index (Phi) is 4.17. The largest absolute Gasteiger partial charge is 0.427 e. The Morgan fingerprint density at radius 2 is 1.38 bits per heavy atom. The van der Waals surface area contributed by atoms with E-state index in [0.717, 1.165) is 0 Å². The van der Waals surface area contributed by atoms with Crippen LogP contribution in [0.2, 0.25) is 0 Å². The summed E-state index contributed by atoms with van der Waals surface area (Å²) in [6.45, 7) is 7.49. The van der Waals surface area contributed by atoms with Gasteiger partial charge in [-0.05, 0) is 72.3 Å². The molecule has 0 unspecified atom stereocenters. The molecule has 0 radical (unpaired) electrons. The lowest BCUT2D eigenvalue weighted by Crippen LogP contribution is -2.49. The molecule has 1 N–H and O–H groups in total. The summed E-state index contributed by atoms with van der Waals surface area (Å²) in [5.74, 6) is 0. The molecular weight excluding hydrogens is 411 g/mol. The van der Waals surface area contributed by atoms with Crippen LogP contribution in [0.15, 0.2) is 66.7 Å². The summed E-state index contributed by atoms with van der Waals surface area (Å²) in [6.07, 6.45) is 0. The van der Waals surface area contributed by atoms with Crippen molar-refractivity contribution in [3.05, 3.63) is 66.7 Å². The summed E-state index contributed by atoms with van der Waals surface area (Å²) in [5.41, 5.74) is 4.93. The van der Waals surface area contributed by atoms with E-state index in [9.17, 15) is 5.11 Å². The Morgan fingerprint density at radius 1 is 0.719 bits per heavy atom. The predicted molar refractivity (Wildman–Crippen MR) is 140 cm³/mol. The van der Waals surface area contributed by atoms with E-state index in [1.54, 1.807) is 13.8 Å². The maximum absolute atomic E-state index is 10.5. The molecule has 4 aromatic carbocycles. The lowest BCUT2D eigenvalue weighted by atomic mass is 9.82. The number of thiophene rings is 1. The van der Waals surface area contributed by atoms with Crippen molar-refractivity contribution in [3.8, 4) is 22.3 Å². The van der Waals surface area contributed by atoms with Gasteiger partial charge in [-0.1, -0.05) is 60.7 Å². The number of aliphatic hydroxyl groups is 1. The zero-order valence-corrected chi connectivity index (χ0v) is 19.6. The number of fused-ring (bicyclic) bond motifs is 7. The maximum Gasteiger partial charge on any atom is 0.310 e. The molecule has 0 bridgehead atoms. The Hall–Kier alpha value is -2.66. The first-order chi connectivity index (χ1) is 15.3. The van der Waals surface area contributed by atoms with Crippen molar-refractivity contribution in [2.45, 2.75) is 38.9 Å². The molecule has 2 nitrogen and oxygen atoms in total. The smallest absolute Gasteiger partial charge is 0.310 e. The van der Waals surface area contributed by atoms with Crippen molar-refractivity contribution in [3.63, 3.8) is 0 Å². The van der Waals surface area contributed by atoms with Gasteiger partial charge < -0.3 is 9.76 Å². The Labute approximate surface area is 192 Å². The molecular formula is C28H25BO2S. The Balaban J connectivity index is 1.57. The minimum absolute atomic E-state index is 0.472. The third kappa shape index (κ3) is 2.73. The second-order valence-electron chi connectivity index (χ2n) is 9.83. The zero-order chi connectivity index (χ0) is 22.3. The standard InChI is InChI=1S/C28H25BO2S/c1-27(2,30)28(3,4)31-29-23-14-8-12-19-22-15-21-17-10-6-5-9-16(17)18-11-7-13-20(24(18)21)25(22)32-26(19)23/h5-15,29-30H,1-4H3. The zero-order valence-electron chi connectivity index (χ0n) is 18.8. The first-order valence-electron chi connectivity index (χ1n) is 11.1. The van der Waals surface area contributed by atoms with Crippen molar-refractivity contribution < 1.29 is 9.76 Å². The van der Waals surface area contributed by atoms with Crippen LogP contribution in [0.25, 0.3) is 53.2 Å². The molecule has 1 aliphatic carbocycles. The van der Waals surface area contributed by atoms with Crippen LogP contribution in [0, 0.1) is 0 Å². The number of benzene rings is 4. The van der Waals surface area contributed by atoms with Crippen LogP contribution in [0.1, 0.15) is 27.7 Å². The van der Waals surface area contributed by atoms with Crippen molar-refractivity contribution in [2.24, 2.45) is 0 Å². The molecule has 1 aliphatic rings. The van der Waals surface area contributed by atoms with E-state index >= 15 is 0 Å². The van der Waals surface area contributed by atoms with Crippen LogP contribution in [0.4, 0.5) is 0 Å². The molecule has 0 saturated carbocycles. The van der Waals surface area contributed by atoms with Gasteiger partial charge in [-0.25, -0.2) is 0 Å². The molecule has 158 valence electrons. The molecule has 5 aromatic rings. The van der Waals surface area contributed by atoms with Gasteiger partial charge in [-0.2, -0.15) is 0 Å². The summed E-state index contributed by atoms with van der Waals surface area (Å²) >= 11 is 1.86. The molecule has 6 rings (SSSR count). The second-order valence-corrected chi connectivity index (χ2v) is 10.8. The van der Waals surface area contributed by atoms with E-state index in [1.165, 1.54) is 58.7 Å². The van der Waals surface area contributed by atoms with E-state index in [4.69, 9.17) is 4.65 Å². The number of hydrogen-bond acceptors (Lipinski definition) is 3. The highest BCUT2D eigenvalue weighted by Gasteiger charge is 2.36. The van der Waals surface area contributed by atoms with Crippen LogP contribution < -0.4 is 5.46 Å². The summed E-state index contributed by atoms with van der Waals surface area (Å²) in [4.78, 5) is 0. The average Bonchev–Trinajstić information content (AvgIpc) is 3.30. The van der Waals surface area contributed by atoms with Gasteiger partial charge in [0.15, 0.2) is 0 Å². The van der Waals surface area contributed by atoms with Crippen molar-refractivity contribution in [1.29, 1.82) is 0 Å². The van der Waals surface area contributed by atoms with E-state index in [2.05, 4.69) is 66.7 Å². The minimum Gasteiger partial charge on any atom is -0.427 e. The summed E-state index contributed by atoms with van der Waals surface area (Å²) in [5, 5.41) is 15.8. The van der Waals surface area contributed by atoms with Gasteiger partial charge in [0.05, 0.1) is 11.2 Å². The van der Waals surface area contributed by atoms with Crippen LogP contribution >= 0.6 is 11.3 Å². The Morgan fingerprint density at radius 3 is 2.12 bits per heavy atom. The quantitative estimate of drug-likeness (QED) is 0.324. The van der Waals surface area contributed by atoms with Crippen molar-refractivity contribution >= 4 is 55.2 Å². The summed E-state index contributed by atoms with van der Waals surface area (Å²) < 4.78 is 8.83. The molecule has 0 aliphatic heterocycles. The molecule has 1 aromatic heterocycles. The highest BCUT2D eigenvalue weighted by Crippen LogP contribution is 2.51. The molecule has 1 heterocycles. The van der Waals surface area contributed by atoms with Gasteiger partial charge in [-0.15, -0.1) is 11.3 Å². The molecule has 0 saturated heterocycles. The van der Waals surface area contributed by atoms with Gasteiger partial charge in [0.25, 0.3) is 0 Å². The minimum atomic E-state index is -0.924. The molecule has 0 amide bonds. The van der Waals surface area contributed by atoms with Crippen LogP contribution in [0.5, 0.6) is 0 Å². The van der Waals surface area contributed by atoms with Gasteiger partial charge in [-0.3, -0.25) is 0 Å². The molecule has 4 heteroatoms. The first kappa shape index (κ1) is 20.0. The van der Waals surface area contributed by atoms with Crippen LogP contribution in [-0.4, -0.2) is 23.8 Å². The maximum atomic E-state index is 10.5. The fraction of sp³-hybridized carbons (Fsp3) is 0.214. The number of hydrogen-bond donors (Lipinski definition) is 1. The molecule has 32 heavy (non-hydrogen) atoms. The average molecular weight is 436 g/mol. The van der Waals surface area contributed by atoms with Crippen molar-refractivity contribution in [1.82, 2.24) is 0 Å². The SMILES string of the molecule is CC(C)(O)C(C)(C)OBc1cccc2c1sc1c3cccc4c3c(cc21)-c1ccccc1-4.